The van der Waals surface area contributed by atoms with Gasteiger partial charge in [-0.15, -0.1) is 0 Å². The van der Waals surface area contributed by atoms with E-state index in [1.54, 1.807) is 11.3 Å². The quantitative estimate of drug-likeness (QED) is 0.745. The summed E-state index contributed by atoms with van der Waals surface area (Å²) >= 11 is 1.65. The Labute approximate surface area is 142 Å². The van der Waals surface area contributed by atoms with Gasteiger partial charge in [0.05, 0.1) is 7.11 Å². The second kappa shape index (κ2) is 9.22. The molecule has 1 aliphatic rings. The van der Waals surface area contributed by atoms with Gasteiger partial charge in [0.1, 0.15) is 0 Å². The van der Waals surface area contributed by atoms with Crippen LogP contribution in [0.25, 0.3) is 0 Å². The van der Waals surface area contributed by atoms with Crippen LogP contribution in [-0.4, -0.2) is 54.7 Å². The first-order chi connectivity index (χ1) is 11.2. The zero-order chi connectivity index (χ0) is 16.7. The lowest BCUT2D eigenvalue weighted by Crippen LogP contribution is -2.51. The molecule has 3 N–H and O–H groups in total. The molecule has 2 amide bonds. The topological polar surface area (TPSA) is 70.8 Å². The molecule has 0 bridgehead atoms. The third-order valence-electron chi connectivity index (χ3n) is 4.53. The number of likely N-dealkylation sites (tertiary alicyclic amines) is 1. The molecule has 0 aromatic carbocycles. The SMILES string of the molecule is CONC(=O)N(Cc1ccsc1)C1CCN(C(C)CCN)CC1. The van der Waals surface area contributed by atoms with E-state index in [4.69, 9.17) is 10.6 Å². The third kappa shape index (κ3) is 5.17. The Morgan fingerprint density at radius 3 is 2.87 bits per heavy atom. The largest absolute Gasteiger partial charge is 0.341 e. The van der Waals surface area contributed by atoms with Gasteiger partial charge in [0, 0.05) is 31.7 Å². The summed E-state index contributed by atoms with van der Waals surface area (Å²) in [6, 6.07) is 2.66. The second-order valence-corrected chi connectivity index (χ2v) is 6.84. The van der Waals surface area contributed by atoms with Gasteiger partial charge in [0.15, 0.2) is 0 Å². The van der Waals surface area contributed by atoms with E-state index < -0.39 is 0 Å². The molecule has 6 nitrogen and oxygen atoms in total. The van der Waals surface area contributed by atoms with Crippen LogP contribution in [0.2, 0.25) is 0 Å². The molecule has 23 heavy (non-hydrogen) atoms. The predicted octanol–water partition coefficient (Wildman–Crippen LogP) is 2.02. The van der Waals surface area contributed by atoms with Crippen LogP contribution >= 0.6 is 11.3 Å². The highest BCUT2D eigenvalue weighted by atomic mass is 32.1. The van der Waals surface area contributed by atoms with E-state index >= 15 is 0 Å². The molecule has 7 heteroatoms. The predicted molar refractivity (Wildman–Crippen MR) is 93.1 cm³/mol. The third-order valence-corrected chi connectivity index (χ3v) is 5.26. The van der Waals surface area contributed by atoms with Crippen LogP contribution in [0.4, 0.5) is 4.79 Å². The summed E-state index contributed by atoms with van der Waals surface area (Å²) in [6.45, 7) is 5.59. The average molecular weight is 340 g/mol. The number of nitrogens with one attached hydrogen (secondary N) is 1. The maximum atomic E-state index is 12.3. The monoisotopic (exact) mass is 340 g/mol. The first kappa shape index (κ1) is 18.2. The Bertz CT molecular complexity index is 461. The maximum absolute atomic E-state index is 12.3. The molecular weight excluding hydrogens is 312 g/mol. The van der Waals surface area contributed by atoms with Crippen LogP contribution in [0, 0.1) is 0 Å². The normalized spacial score (nSPS) is 17.9. The minimum absolute atomic E-state index is 0.160. The number of carbonyl (C=O) groups is 1. The van der Waals surface area contributed by atoms with Gasteiger partial charge in [-0.05, 0) is 55.1 Å². The average Bonchev–Trinajstić information content (AvgIpc) is 3.06. The number of hydrogen-bond acceptors (Lipinski definition) is 5. The molecule has 2 heterocycles. The molecule has 2 rings (SSSR count). The van der Waals surface area contributed by atoms with E-state index in [9.17, 15) is 4.79 Å². The van der Waals surface area contributed by atoms with Gasteiger partial charge in [0.25, 0.3) is 0 Å². The molecule has 1 aromatic heterocycles. The van der Waals surface area contributed by atoms with Gasteiger partial charge >= 0.3 is 6.03 Å². The summed E-state index contributed by atoms with van der Waals surface area (Å²) in [7, 11) is 1.47. The zero-order valence-electron chi connectivity index (χ0n) is 14.0. The molecule has 1 aromatic rings. The molecule has 130 valence electrons. The lowest BCUT2D eigenvalue weighted by molar-refractivity contribution is 0.0567. The van der Waals surface area contributed by atoms with Crippen molar-refractivity contribution in [3.8, 4) is 0 Å². The first-order valence-electron chi connectivity index (χ1n) is 8.20. The number of nitrogens with two attached hydrogens (primary N) is 1. The van der Waals surface area contributed by atoms with Crippen molar-refractivity contribution in [2.45, 2.75) is 44.8 Å². The van der Waals surface area contributed by atoms with E-state index in [0.29, 0.717) is 12.6 Å². The van der Waals surface area contributed by atoms with Crippen molar-refractivity contribution >= 4 is 17.4 Å². The molecule has 1 atom stereocenters. The molecule has 1 aliphatic heterocycles. The van der Waals surface area contributed by atoms with Crippen molar-refractivity contribution in [1.82, 2.24) is 15.3 Å². The summed E-state index contributed by atoms with van der Waals surface area (Å²) in [5, 5.41) is 4.13. The van der Waals surface area contributed by atoms with Crippen molar-refractivity contribution in [2.24, 2.45) is 5.73 Å². The molecule has 1 fully saturated rings. The fourth-order valence-electron chi connectivity index (χ4n) is 3.15. The number of rotatable bonds is 7. The van der Waals surface area contributed by atoms with E-state index in [1.807, 2.05) is 10.3 Å². The zero-order valence-corrected chi connectivity index (χ0v) is 14.8. The lowest BCUT2D eigenvalue weighted by Gasteiger charge is -2.40. The number of hydrogen-bond donors (Lipinski definition) is 2. The van der Waals surface area contributed by atoms with Crippen molar-refractivity contribution in [3.63, 3.8) is 0 Å². The van der Waals surface area contributed by atoms with E-state index in [2.05, 4.69) is 28.8 Å². The van der Waals surface area contributed by atoms with Gasteiger partial charge in [-0.3, -0.25) is 4.84 Å². The number of thiophene rings is 1. The van der Waals surface area contributed by atoms with Crippen LogP contribution in [0.1, 0.15) is 31.7 Å². The van der Waals surface area contributed by atoms with Crippen LogP contribution < -0.4 is 11.2 Å². The Hall–Kier alpha value is -1.15. The Balaban J connectivity index is 1.95. The van der Waals surface area contributed by atoms with Crippen molar-refractivity contribution < 1.29 is 9.63 Å². The van der Waals surface area contributed by atoms with Crippen molar-refractivity contribution in [2.75, 3.05) is 26.7 Å². The summed E-state index contributed by atoms with van der Waals surface area (Å²) < 4.78 is 0. The van der Waals surface area contributed by atoms with Gasteiger partial charge in [-0.1, -0.05) is 0 Å². The number of nitrogens with zero attached hydrogens (tertiary/aromatic N) is 2. The summed E-state index contributed by atoms with van der Waals surface area (Å²) in [5.74, 6) is 0. The minimum Gasteiger partial charge on any atom is -0.330 e. The van der Waals surface area contributed by atoms with Gasteiger partial charge in [-0.2, -0.15) is 11.3 Å². The highest BCUT2D eigenvalue weighted by molar-refractivity contribution is 7.07. The molecule has 0 aliphatic carbocycles. The van der Waals surface area contributed by atoms with Crippen molar-refractivity contribution in [1.29, 1.82) is 0 Å². The lowest BCUT2D eigenvalue weighted by atomic mass is 10.0. The van der Waals surface area contributed by atoms with Crippen molar-refractivity contribution in [3.05, 3.63) is 22.4 Å². The van der Waals surface area contributed by atoms with E-state index in [0.717, 1.165) is 38.9 Å². The number of urea groups is 1. The van der Waals surface area contributed by atoms with E-state index in [-0.39, 0.29) is 12.1 Å². The number of carbonyl (C=O) groups excluding carboxylic acids is 1. The van der Waals surface area contributed by atoms with E-state index in [1.165, 1.54) is 12.7 Å². The van der Waals surface area contributed by atoms with Crippen LogP contribution in [0.5, 0.6) is 0 Å². The molecule has 0 spiro atoms. The summed E-state index contributed by atoms with van der Waals surface area (Å²) in [4.78, 5) is 21.5. The highest BCUT2D eigenvalue weighted by Crippen LogP contribution is 2.22. The summed E-state index contributed by atoms with van der Waals surface area (Å²) in [6.07, 6.45) is 2.99. The van der Waals surface area contributed by atoms with Crippen LogP contribution in [-0.2, 0) is 11.4 Å². The standard InChI is InChI=1S/C16H28N4O2S/c1-13(3-7-17)19-8-4-15(5-9-19)20(16(21)18-22-2)11-14-6-10-23-12-14/h6,10,12-13,15H,3-5,7-9,11,17H2,1-2H3,(H,18,21). The van der Waals surface area contributed by atoms with Gasteiger partial charge in [0.2, 0.25) is 0 Å². The molecular formula is C16H28N4O2S. The maximum Gasteiger partial charge on any atom is 0.341 e. The molecule has 1 saturated heterocycles. The first-order valence-corrected chi connectivity index (χ1v) is 9.14. The Morgan fingerprint density at radius 2 is 2.30 bits per heavy atom. The number of hydroxylamine groups is 1. The van der Waals surface area contributed by atoms with Gasteiger partial charge in [-0.25, -0.2) is 10.3 Å². The Morgan fingerprint density at radius 1 is 1.57 bits per heavy atom. The number of piperidine rings is 1. The van der Waals surface area contributed by atoms with Crippen LogP contribution in [0.3, 0.4) is 0 Å². The Kier molecular flexibility index (Phi) is 7.29. The fourth-order valence-corrected chi connectivity index (χ4v) is 3.81. The number of amides is 2. The highest BCUT2D eigenvalue weighted by Gasteiger charge is 2.29. The molecule has 0 saturated carbocycles. The van der Waals surface area contributed by atoms with Gasteiger partial charge < -0.3 is 15.5 Å². The molecule has 1 unspecified atom stereocenters. The second-order valence-electron chi connectivity index (χ2n) is 6.06. The molecule has 0 radical (unpaired) electrons. The smallest absolute Gasteiger partial charge is 0.330 e. The summed E-state index contributed by atoms with van der Waals surface area (Å²) in [5.41, 5.74) is 9.30. The van der Waals surface area contributed by atoms with Crippen LogP contribution in [0.15, 0.2) is 16.8 Å². The minimum atomic E-state index is -0.160. The fraction of sp³-hybridized carbons (Fsp3) is 0.688.